The van der Waals surface area contributed by atoms with Crippen molar-refractivity contribution < 1.29 is 0 Å². The molecule has 0 aliphatic heterocycles. The maximum atomic E-state index is 5.35. The summed E-state index contributed by atoms with van der Waals surface area (Å²) in [5.74, 6) is 0. The van der Waals surface area contributed by atoms with E-state index in [4.69, 9.17) is 25.3 Å². The van der Waals surface area contributed by atoms with Crippen LogP contribution in [0.3, 0.4) is 0 Å². The third kappa shape index (κ3) is 7.76. The van der Waals surface area contributed by atoms with Crippen LogP contribution in [0.4, 0.5) is 11.4 Å². The van der Waals surface area contributed by atoms with Crippen LogP contribution >= 0.6 is 25.3 Å². The van der Waals surface area contributed by atoms with Gasteiger partial charge in [-0.15, -0.1) is 25.3 Å². The topological polar surface area (TPSA) is 6.48 Å². The highest BCUT2D eigenvalue weighted by Gasteiger charge is 2.33. The smallest absolute Gasteiger partial charge is 0.0874 e. The molecule has 56 heavy (non-hydrogen) atoms. The second kappa shape index (κ2) is 17.6. The van der Waals surface area contributed by atoms with E-state index < -0.39 is 16.1 Å². The van der Waals surface area contributed by atoms with Crippen LogP contribution in [0.1, 0.15) is 63.8 Å². The molecule has 0 spiro atoms. The maximum Gasteiger partial charge on any atom is 0.0874 e. The van der Waals surface area contributed by atoms with Crippen LogP contribution in [-0.2, 0) is 13.1 Å². The van der Waals surface area contributed by atoms with Crippen LogP contribution in [0.15, 0.2) is 107 Å². The second-order valence-corrected chi connectivity index (χ2v) is 27.7. The van der Waals surface area contributed by atoms with Crippen molar-refractivity contribution in [2.45, 2.75) is 115 Å². The van der Waals surface area contributed by atoms with Crippen molar-refractivity contribution in [1.29, 1.82) is 0 Å². The first-order chi connectivity index (χ1) is 26.9. The van der Waals surface area contributed by atoms with Gasteiger partial charge in [0, 0.05) is 59.5 Å². The Morgan fingerprint density at radius 2 is 0.804 bits per heavy atom. The summed E-state index contributed by atoms with van der Waals surface area (Å²) in [4.78, 5) is 7.35. The Morgan fingerprint density at radius 3 is 1.14 bits per heavy atom. The fraction of sp³-hybridized carbons (Fsp3) is 0.360. The summed E-state index contributed by atoms with van der Waals surface area (Å²) < 4.78 is 0. The van der Waals surface area contributed by atoms with Crippen molar-refractivity contribution in [1.82, 2.24) is 0 Å². The minimum atomic E-state index is -1.65. The molecule has 0 saturated carbocycles. The van der Waals surface area contributed by atoms with Gasteiger partial charge >= 0.3 is 0 Å². The number of hydrogen-bond acceptors (Lipinski definition) is 4. The summed E-state index contributed by atoms with van der Waals surface area (Å²) in [6.45, 7) is 20.5. The zero-order valence-corrected chi connectivity index (χ0v) is 39.5. The zero-order chi connectivity index (χ0) is 40.4. The largest absolute Gasteiger partial charge is 0.370 e. The zero-order valence-electron chi connectivity index (χ0n) is 35.7. The Morgan fingerprint density at radius 1 is 0.464 bits per heavy atom. The summed E-state index contributed by atoms with van der Waals surface area (Å²) in [6.07, 6.45) is 0. The highest BCUT2D eigenvalue weighted by atomic mass is 32.1. The number of anilines is 2. The lowest BCUT2D eigenvalue weighted by atomic mass is 9.90. The van der Waals surface area contributed by atoms with E-state index in [2.05, 4.69) is 176 Å². The van der Waals surface area contributed by atoms with E-state index >= 15 is 0 Å². The van der Waals surface area contributed by atoms with Gasteiger partial charge in [-0.1, -0.05) is 174 Å². The first-order valence-electron chi connectivity index (χ1n) is 21.0. The molecular formula is C50H64N2S2Si2. The van der Waals surface area contributed by atoms with Crippen LogP contribution in [-0.4, -0.2) is 30.2 Å². The first-order valence-corrected chi connectivity index (χ1v) is 27.2. The molecule has 0 amide bonds. The third-order valence-corrected chi connectivity index (χ3v) is 26.2. The van der Waals surface area contributed by atoms with Gasteiger partial charge in [0.15, 0.2) is 0 Å². The molecule has 0 fully saturated rings. The molecule has 0 unspecified atom stereocenters. The van der Waals surface area contributed by atoms with Crippen molar-refractivity contribution >= 4 is 84.7 Å². The van der Waals surface area contributed by atoms with Gasteiger partial charge in [-0.2, -0.15) is 0 Å². The second-order valence-electron chi connectivity index (χ2n) is 16.4. The third-order valence-electron chi connectivity index (χ3n) is 13.6. The van der Waals surface area contributed by atoms with Gasteiger partial charge in [-0.25, -0.2) is 0 Å². The van der Waals surface area contributed by atoms with E-state index in [1.54, 1.807) is 0 Å². The number of thiol groups is 2. The molecular weight excluding hydrogens is 749 g/mol. The summed E-state index contributed by atoms with van der Waals surface area (Å²) in [7, 11) is 1.25. The minimum absolute atomic E-state index is 0.781. The molecule has 6 rings (SSSR count). The van der Waals surface area contributed by atoms with E-state index in [9.17, 15) is 0 Å². The molecule has 6 aromatic carbocycles. The molecule has 6 aromatic rings. The Balaban J connectivity index is 1.54. The van der Waals surface area contributed by atoms with Crippen molar-refractivity contribution in [2.75, 3.05) is 23.9 Å². The van der Waals surface area contributed by atoms with Crippen molar-refractivity contribution in [2.24, 2.45) is 0 Å². The SMILES string of the molecule is CC[Si](CC)(CC)c1cc(C)cc(CN(C)c2ccc3ccccc3c2-c2c(N(C)Cc3cc(C)cc([Si](CC)(CC)CC)c3S)ccc3ccccc23)c1S. The highest BCUT2D eigenvalue weighted by Crippen LogP contribution is 2.46. The molecule has 0 aliphatic carbocycles. The van der Waals surface area contributed by atoms with Crippen LogP contribution in [0.5, 0.6) is 0 Å². The van der Waals surface area contributed by atoms with E-state index in [1.807, 2.05) is 0 Å². The predicted octanol–water partition coefficient (Wildman–Crippen LogP) is 13.6. The van der Waals surface area contributed by atoms with Gasteiger partial charge in [-0.05, 0) is 69.0 Å². The molecule has 0 aromatic heterocycles. The van der Waals surface area contributed by atoms with Gasteiger partial charge in [0.1, 0.15) is 0 Å². The van der Waals surface area contributed by atoms with Crippen LogP contribution in [0, 0.1) is 13.8 Å². The Bertz CT molecular complexity index is 2160. The van der Waals surface area contributed by atoms with Crippen LogP contribution in [0.2, 0.25) is 36.3 Å². The van der Waals surface area contributed by atoms with Gasteiger partial charge in [0.25, 0.3) is 0 Å². The van der Waals surface area contributed by atoms with Gasteiger partial charge in [0.2, 0.25) is 0 Å². The fourth-order valence-electron chi connectivity index (χ4n) is 9.76. The van der Waals surface area contributed by atoms with E-state index in [0.717, 1.165) is 13.1 Å². The quantitative estimate of drug-likeness (QED) is 0.0788. The average Bonchev–Trinajstić information content (AvgIpc) is 3.21. The van der Waals surface area contributed by atoms with Crippen molar-refractivity contribution in [3.8, 4) is 11.1 Å². The molecule has 0 aliphatic rings. The monoisotopic (exact) mass is 812 g/mol. The molecule has 0 atom stereocenters. The van der Waals surface area contributed by atoms with Crippen molar-refractivity contribution in [3.05, 3.63) is 119 Å². The fourth-order valence-corrected chi connectivity index (χ4v) is 19.3. The average molecular weight is 813 g/mol. The van der Waals surface area contributed by atoms with E-state index in [0.29, 0.717) is 0 Å². The number of nitrogens with zero attached hydrogens (tertiary/aromatic N) is 2. The number of hydrogen-bond donors (Lipinski definition) is 2. The summed E-state index contributed by atoms with van der Waals surface area (Å²) in [5, 5.41) is 8.11. The lowest BCUT2D eigenvalue weighted by Gasteiger charge is -2.33. The molecule has 0 radical (unpaired) electrons. The first kappa shape index (κ1) is 42.2. The molecule has 0 N–H and O–H groups in total. The Kier molecular flexibility index (Phi) is 13.3. The predicted molar refractivity (Wildman–Crippen MR) is 262 cm³/mol. The number of aryl methyl sites for hydroxylation is 2. The van der Waals surface area contributed by atoms with Crippen molar-refractivity contribution in [3.63, 3.8) is 0 Å². The number of rotatable bonds is 15. The number of benzene rings is 6. The normalized spacial score (nSPS) is 12.1. The molecule has 6 heteroatoms. The van der Waals surface area contributed by atoms with Crippen LogP contribution in [0.25, 0.3) is 32.7 Å². The standard InChI is InChI=1S/C50H64N2S2Si2/c1-11-55(12-2,13-3)45-31-35(7)29-39(49(45)53)33-51(9)43-27-25-37-21-17-19-23-41(37)47(43)48-42-24-20-18-22-38(42)26-28-44(48)52(10)34-40-30-36(8)32-46(50(40)54)56(14-4,15-5)16-6/h17-32,53-54H,11-16,33-34H2,1-10H3. The molecule has 0 bridgehead atoms. The highest BCUT2D eigenvalue weighted by molar-refractivity contribution is 7.80. The lowest BCUT2D eigenvalue weighted by Crippen LogP contribution is -2.47. The summed E-state index contributed by atoms with van der Waals surface area (Å²) >= 11 is 10.7. The summed E-state index contributed by atoms with van der Waals surface area (Å²) in [5.41, 5.74) is 10.3. The Hall–Kier alpha value is -3.43. The molecule has 0 heterocycles. The Labute approximate surface area is 351 Å². The molecule has 294 valence electrons. The molecule has 0 saturated heterocycles. The minimum Gasteiger partial charge on any atom is -0.370 e. The van der Waals surface area contributed by atoms with E-state index in [1.165, 1.54) is 123 Å². The maximum absolute atomic E-state index is 5.35. The van der Waals surface area contributed by atoms with Gasteiger partial charge in [0.05, 0.1) is 16.1 Å². The summed E-state index contributed by atoms with van der Waals surface area (Å²) in [6, 6.07) is 44.3. The van der Waals surface area contributed by atoms with E-state index in [-0.39, 0.29) is 0 Å². The van der Waals surface area contributed by atoms with Crippen LogP contribution < -0.4 is 20.2 Å². The van der Waals surface area contributed by atoms with Gasteiger partial charge in [-0.3, -0.25) is 0 Å². The number of fused-ring (bicyclic) bond motifs is 2. The van der Waals surface area contributed by atoms with Gasteiger partial charge < -0.3 is 9.80 Å². The lowest BCUT2D eigenvalue weighted by molar-refractivity contribution is 0.900. The molecule has 2 nitrogen and oxygen atoms in total.